The van der Waals surface area contributed by atoms with E-state index in [1.54, 1.807) is 0 Å². The zero-order valence-electron chi connectivity index (χ0n) is 10.6. The minimum absolute atomic E-state index is 0.281. The predicted molar refractivity (Wildman–Crippen MR) is 163 cm³/mol. The molecule has 1 saturated heterocycles. The van der Waals surface area contributed by atoms with E-state index in [1.807, 2.05) is 20.8 Å². The van der Waals surface area contributed by atoms with Crippen molar-refractivity contribution >= 4 is 203 Å². The summed E-state index contributed by atoms with van der Waals surface area (Å²) in [7, 11) is 0. The van der Waals surface area contributed by atoms with Crippen LogP contribution in [0.5, 0.6) is 0 Å². The van der Waals surface area contributed by atoms with Gasteiger partial charge in [-0.1, -0.05) is 0 Å². The first-order valence-corrected chi connectivity index (χ1v) is 14.9. The minimum Gasteiger partial charge on any atom is -0.312 e. The average Bonchev–Trinajstić information content (AvgIpc) is 2.09. The van der Waals surface area contributed by atoms with Crippen molar-refractivity contribution in [2.24, 2.45) is 0 Å². The van der Waals surface area contributed by atoms with Gasteiger partial charge in [-0.05, 0) is 224 Å². The van der Waals surface area contributed by atoms with Gasteiger partial charge in [-0.15, -0.1) is 0 Å². The summed E-state index contributed by atoms with van der Waals surface area (Å²) in [6, 6.07) is 0. The first kappa shape index (κ1) is 25.5. The van der Waals surface area contributed by atoms with Crippen LogP contribution in [0.2, 0.25) is 0 Å². The molecule has 1 aliphatic rings. The smallest absolute Gasteiger partial charge is 0.205 e. The van der Waals surface area contributed by atoms with Gasteiger partial charge in [0, 0.05) is 0 Å². The second kappa shape index (κ2) is 8.29. The van der Waals surface area contributed by atoms with Gasteiger partial charge < -0.3 is 14.2 Å². The first-order valence-electron chi connectivity index (χ1n) is 5.18. The number of rotatable bonds is 3. The fraction of sp³-hybridized carbons (Fsp3) is 1.00. The molecule has 0 N–H and O–H groups in total. The third-order valence-corrected chi connectivity index (χ3v) is 11.5. The number of halogens is 9. The monoisotopic (exact) mass is 1310 g/mol. The van der Waals surface area contributed by atoms with Crippen LogP contribution in [-0.2, 0) is 14.2 Å². The van der Waals surface area contributed by atoms with Crippen LogP contribution in [0.1, 0.15) is 20.8 Å². The maximum Gasteiger partial charge on any atom is 0.205 e. The Morgan fingerprint density at radius 1 is 0.476 bits per heavy atom. The van der Waals surface area contributed by atoms with E-state index in [0.29, 0.717) is 0 Å². The summed E-state index contributed by atoms with van der Waals surface area (Å²) in [4.78, 5) is 0. The molecule has 1 rings (SSSR count). The lowest BCUT2D eigenvalue weighted by atomic mass is 10.2. The number of alkyl halides is 9. The molecule has 0 aromatic rings. The summed E-state index contributed by atoms with van der Waals surface area (Å²) in [5, 5.41) is 0. The van der Waals surface area contributed by atoms with Crippen molar-refractivity contribution in [1.29, 1.82) is 0 Å². The van der Waals surface area contributed by atoms with E-state index in [1.165, 1.54) is 0 Å². The van der Waals surface area contributed by atoms with Crippen molar-refractivity contribution in [1.82, 2.24) is 0 Å². The Balaban J connectivity index is 3.44. The lowest BCUT2D eigenvalue weighted by Gasteiger charge is -2.58. The Morgan fingerprint density at radius 3 is 0.714 bits per heavy atom. The molecule has 21 heavy (non-hydrogen) atoms. The van der Waals surface area contributed by atoms with Gasteiger partial charge in [0.1, 0.15) is 0 Å². The molecule has 1 fully saturated rings. The molecule has 126 valence electrons. The van der Waals surface area contributed by atoms with Crippen LogP contribution in [0.3, 0.4) is 0 Å². The molecule has 1 heterocycles. The minimum atomic E-state index is -0.796. The van der Waals surface area contributed by atoms with E-state index < -0.39 is 17.4 Å². The highest BCUT2D eigenvalue weighted by Crippen LogP contribution is 2.63. The molecule has 3 nitrogen and oxygen atoms in total. The van der Waals surface area contributed by atoms with Gasteiger partial charge in [-0.3, -0.25) is 0 Å². The van der Waals surface area contributed by atoms with E-state index in [0.717, 1.165) is 0 Å². The summed E-state index contributed by atoms with van der Waals surface area (Å²) < 4.78 is 18.3. The SMILES string of the molecule is CC1(C(I)(I)I)OC(C)(C(I)(I)I)OC(C)(C(I)(I)I)O1. The van der Waals surface area contributed by atoms with Gasteiger partial charge in [0.15, 0.2) is -1.69 Å². The molecular formula is C9H9I9O3. The lowest BCUT2D eigenvalue weighted by Crippen LogP contribution is -2.69. The van der Waals surface area contributed by atoms with Crippen LogP contribution in [-0.4, -0.2) is 15.7 Å². The highest BCUT2D eigenvalue weighted by Gasteiger charge is 2.67. The Hall–Kier alpha value is 6.45. The van der Waals surface area contributed by atoms with Gasteiger partial charge in [0.2, 0.25) is 17.4 Å². The molecule has 0 amide bonds. The number of hydrogen-bond acceptors (Lipinski definition) is 3. The molecule has 0 atom stereocenters. The second-order valence-electron chi connectivity index (χ2n) is 4.64. The molecule has 0 unspecified atom stereocenters. The number of ether oxygens (including phenoxy) is 3. The maximum absolute atomic E-state index is 6.38. The molecule has 0 spiro atoms. The van der Waals surface area contributed by atoms with E-state index in [2.05, 4.69) is 203 Å². The van der Waals surface area contributed by atoms with Crippen LogP contribution in [0, 0.1) is 0 Å². The summed E-state index contributed by atoms with van der Waals surface area (Å²) in [5.41, 5.74) is 0. The van der Waals surface area contributed by atoms with E-state index >= 15 is 0 Å². The first-order chi connectivity index (χ1) is 8.87. The standard InChI is InChI=1S/C9H9I9O3/c1-4(7(10,11)12)19-5(2,8(13,14)15)21-6(3,20-4)9(16,17)18/h1-3H3. The van der Waals surface area contributed by atoms with Gasteiger partial charge in [-0.2, -0.15) is 0 Å². The van der Waals surface area contributed by atoms with Gasteiger partial charge in [-0.25, -0.2) is 0 Å². The Labute approximate surface area is 247 Å². The predicted octanol–water partition coefficient (Wildman–Crippen LogP) is 8.07. The zero-order valence-corrected chi connectivity index (χ0v) is 30.0. The van der Waals surface area contributed by atoms with Crippen molar-refractivity contribution in [2.45, 2.75) is 36.4 Å². The third kappa shape index (κ3) is 5.97. The Bertz CT molecular complexity index is 340. The van der Waals surface area contributed by atoms with E-state index in [4.69, 9.17) is 14.2 Å². The molecule has 0 aliphatic carbocycles. The molecule has 0 radical (unpaired) electrons. The quantitative estimate of drug-likeness (QED) is 0.212. The molecule has 0 aromatic carbocycles. The van der Waals surface area contributed by atoms with Gasteiger partial charge in [0.05, 0.1) is 0 Å². The molecule has 0 aromatic heterocycles. The highest BCUT2D eigenvalue weighted by molar-refractivity contribution is 14.3. The summed E-state index contributed by atoms with van der Waals surface area (Å²) in [6.45, 7) is 5.97. The Morgan fingerprint density at radius 2 is 0.619 bits per heavy atom. The van der Waals surface area contributed by atoms with E-state index in [-0.39, 0.29) is -1.69 Å². The van der Waals surface area contributed by atoms with Crippen molar-refractivity contribution < 1.29 is 14.2 Å². The third-order valence-electron chi connectivity index (χ3n) is 2.71. The van der Waals surface area contributed by atoms with Crippen molar-refractivity contribution in [3.8, 4) is 0 Å². The molecule has 1 aliphatic heterocycles. The van der Waals surface area contributed by atoms with Crippen molar-refractivity contribution in [3.63, 3.8) is 0 Å². The summed E-state index contributed by atoms with van der Waals surface area (Å²) in [6.07, 6.45) is 0. The molecule has 12 heteroatoms. The highest BCUT2D eigenvalue weighted by atomic mass is 127. The average molecular weight is 1310 g/mol. The normalized spacial score (nSPS) is 39.4. The largest absolute Gasteiger partial charge is 0.312 e. The molecule has 0 saturated carbocycles. The lowest BCUT2D eigenvalue weighted by molar-refractivity contribution is -0.482. The fourth-order valence-electron chi connectivity index (χ4n) is 1.52. The van der Waals surface area contributed by atoms with Crippen molar-refractivity contribution in [2.75, 3.05) is 0 Å². The van der Waals surface area contributed by atoms with Crippen LogP contribution in [0.4, 0.5) is 0 Å². The van der Waals surface area contributed by atoms with Crippen LogP contribution in [0.25, 0.3) is 0 Å². The van der Waals surface area contributed by atoms with Crippen LogP contribution < -0.4 is 0 Å². The summed E-state index contributed by atoms with van der Waals surface area (Å²) >= 11 is 21.2. The second-order valence-corrected chi connectivity index (χ2v) is 37.8. The van der Waals surface area contributed by atoms with E-state index in [9.17, 15) is 0 Å². The van der Waals surface area contributed by atoms with Crippen LogP contribution in [0.15, 0.2) is 0 Å². The number of hydrogen-bond donors (Lipinski definition) is 0. The topological polar surface area (TPSA) is 27.7 Å². The molecular weight excluding hydrogens is 1300 g/mol. The zero-order chi connectivity index (χ0) is 17.1. The fourth-order valence-corrected chi connectivity index (χ4v) is 3.51. The van der Waals surface area contributed by atoms with Crippen molar-refractivity contribution in [3.05, 3.63) is 0 Å². The Kier molecular flexibility index (Phi) is 10.1. The van der Waals surface area contributed by atoms with Gasteiger partial charge in [0.25, 0.3) is 0 Å². The van der Waals surface area contributed by atoms with Gasteiger partial charge >= 0.3 is 0 Å². The summed E-state index contributed by atoms with van der Waals surface area (Å²) in [5.74, 6) is -2.39. The molecule has 0 bridgehead atoms. The maximum atomic E-state index is 6.38. The van der Waals surface area contributed by atoms with Crippen LogP contribution >= 0.6 is 203 Å².